The van der Waals surface area contributed by atoms with Crippen LogP contribution in [0.3, 0.4) is 0 Å². The molecule has 0 aliphatic carbocycles. The maximum atomic E-state index is 13.7. The molecule has 2 heterocycles. The van der Waals surface area contributed by atoms with Gasteiger partial charge < -0.3 is 53.8 Å². The number of aromatic nitrogens is 1. The number of para-hydroxylation sites is 2. The van der Waals surface area contributed by atoms with Crippen molar-refractivity contribution in [2.75, 3.05) is 43.4 Å². The van der Waals surface area contributed by atoms with E-state index < -0.39 is 60.3 Å². The number of amides is 5. The quantitative estimate of drug-likeness (QED) is 0.0461. The SMILES string of the molecule is NCCCCC(NC(=O)C(CCCCN)NC(=O)C1CCCN1C(=O)C(N)CO)C(=O)NCC(=O)Nc1ccc(Nc2c3ccccc3nc3ccccc23)cc1. The highest BCUT2D eigenvalue weighted by Crippen LogP contribution is 2.33. The lowest BCUT2D eigenvalue weighted by Crippen LogP contribution is -2.57. The van der Waals surface area contributed by atoms with Gasteiger partial charge >= 0.3 is 0 Å². The number of aliphatic hydroxyl groups is 1. The highest BCUT2D eigenvalue weighted by atomic mass is 16.3. The number of carbonyl (C=O) groups is 5. The number of nitrogens with zero attached hydrogens (tertiary/aromatic N) is 2. The van der Waals surface area contributed by atoms with Crippen molar-refractivity contribution in [2.24, 2.45) is 17.2 Å². The highest BCUT2D eigenvalue weighted by Gasteiger charge is 2.37. The van der Waals surface area contributed by atoms with Crippen LogP contribution in [0.1, 0.15) is 51.4 Å². The predicted molar refractivity (Wildman–Crippen MR) is 220 cm³/mol. The van der Waals surface area contributed by atoms with Crippen LogP contribution < -0.4 is 43.8 Å². The number of benzene rings is 3. The molecule has 4 aromatic rings. The van der Waals surface area contributed by atoms with E-state index >= 15 is 0 Å². The average Bonchev–Trinajstić information content (AvgIpc) is 3.72. The van der Waals surface area contributed by atoms with Gasteiger partial charge in [0.2, 0.25) is 29.5 Å². The van der Waals surface area contributed by atoms with Crippen molar-refractivity contribution in [1.82, 2.24) is 25.8 Å². The molecular formula is C41H54N10O6. The van der Waals surface area contributed by atoms with Gasteiger partial charge in [0.05, 0.1) is 29.9 Å². The third-order valence-corrected chi connectivity index (χ3v) is 9.96. The van der Waals surface area contributed by atoms with Crippen LogP contribution in [0.15, 0.2) is 72.8 Å². The molecule has 4 atom stereocenters. The fourth-order valence-corrected chi connectivity index (χ4v) is 6.91. The number of rotatable bonds is 20. The van der Waals surface area contributed by atoms with Gasteiger partial charge in [0, 0.05) is 28.7 Å². The Morgan fingerprint density at radius 1 is 0.772 bits per heavy atom. The van der Waals surface area contributed by atoms with Gasteiger partial charge in [0.1, 0.15) is 24.2 Å². The first-order valence-corrected chi connectivity index (χ1v) is 19.5. The van der Waals surface area contributed by atoms with E-state index in [0.717, 1.165) is 33.2 Å². The molecule has 16 nitrogen and oxygen atoms in total. The molecule has 3 aromatic carbocycles. The Labute approximate surface area is 331 Å². The molecule has 57 heavy (non-hydrogen) atoms. The molecule has 5 rings (SSSR count). The minimum absolute atomic E-state index is 0.245. The van der Waals surface area contributed by atoms with Crippen molar-refractivity contribution < 1.29 is 29.1 Å². The van der Waals surface area contributed by atoms with E-state index in [1.165, 1.54) is 4.90 Å². The minimum Gasteiger partial charge on any atom is -0.394 e. The predicted octanol–water partition coefficient (Wildman–Crippen LogP) is 1.72. The van der Waals surface area contributed by atoms with Gasteiger partial charge in [-0.05, 0) is 101 Å². The molecule has 1 aliphatic rings. The summed E-state index contributed by atoms with van der Waals surface area (Å²) < 4.78 is 0. The molecule has 12 N–H and O–H groups in total. The molecule has 304 valence electrons. The Morgan fingerprint density at radius 3 is 1.95 bits per heavy atom. The number of anilines is 3. The lowest BCUT2D eigenvalue weighted by molar-refractivity contribution is -0.141. The number of hydrogen-bond donors (Lipinski definition) is 9. The first kappa shape index (κ1) is 42.5. The van der Waals surface area contributed by atoms with Gasteiger partial charge in [0.15, 0.2) is 0 Å². The number of unbranched alkanes of at least 4 members (excludes halogenated alkanes) is 2. The zero-order valence-corrected chi connectivity index (χ0v) is 32.0. The Hall–Kier alpha value is -5.68. The number of nitrogens with one attached hydrogen (secondary N) is 5. The topological polar surface area (TPSA) is 260 Å². The normalized spacial score (nSPS) is 15.4. The van der Waals surface area contributed by atoms with E-state index in [1.54, 1.807) is 12.1 Å². The molecule has 0 spiro atoms. The summed E-state index contributed by atoms with van der Waals surface area (Å²) in [6.07, 6.45) is 3.70. The van der Waals surface area contributed by atoms with Crippen molar-refractivity contribution in [3.8, 4) is 0 Å². The van der Waals surface area contributed by atoms with Gasteiger partial charge in [-0.2, -0.15) is 0 Å². The summed E-state index contributed by atoms with van der Waals surface area (Å²) in [5, 5.41) is 25.8. The molecule has 4 unspecified atom stereocenters. The van der Waals surface area contributed by atoms with Gasteiger partial charge in [-0.1, -0.05) is 36.4 Å². The van der Waals surface area contributed by atoms with Crippen LogP contribution >= 0.6 is 0 Å². The Morgan fingerprint density at radius 2 is 1.35 bits per heavy atom. The maximum absolute atomic E-state index is 13.7. The first-order valence-electron chi connectivity index (χ1n) is 19.5. The number of hydrogen-bond acceptors (Lipinski definition) is 11. The molecule has 1 saturated heterocycles. The van der Waals surface area contributed by atoms with E-state index in [1.807, 2.05) is 60.7 Å². The molecule has 0 radical (unpaired) electrons. The second-order valence-electron chi connectivity index (χ2n) is 14.2. The van der Waals surface area contributed by atoms with Gasteiger partial charge in [-0.15, -0.1) is 0 Å². The third-order valence-electron chi connectivity index (χ3n) is 9.96. The summed E-state index contributed by atoms with van der Waals surface area (Å²) in [5.74, 6) is -2.68. The Balaban J connectivity index is 1.19. The second kappa shape index (κ2) is 21.0. The summed E-state index contributed by atoms with van der Waals surface area (Å²) in [6, 6.07) is 19.0. The molecule has 5 amide bonds. The molecule has 1 fully saturated rings. The summed E-state index contributed by atoms with van der Waals surface area (Å²) in [6.45, 7) is 0.172. The van der Waals surface area contributed by atoms with E-state index in [4.69, 9.17) is 22.2 Å². The van der Waals surface area contributed by atoms with E-state index in [-0.39, 0.29) is 19.4 Å². The molecule has 1 aliphatic heterocycles. The fraction of sp³-hybridized carbons (Fsp3) is 0.415. The van der Waals surface area contributed by atoms with Crippen molar-refractivity contribution in [3.05, 3.63) is 72.8 Å². The average molecular weight is 783 g/mol. The molecule has 1 aromatic heterocycles. The number of fused-ring (bicyclic) bond motifs is 2. The van der Waals surface area contributed by atoms with Gasteiger partial charge in [0.25, 0.3) is 0 Å². The maximum Gasteiger partial charge on any atom is 0.243 e. The number of carbonyl (C=O) groups excluding carboxylic acids is 5. The molecule has 16 heteroatoms. The van der Waals surface area contributed by atoms with Crippen LogP contribution in [0.25, 0.3) is 21.8 Å². The van der Waals surface area contributed by atoms with E-state index in [9.17, 15) is 29.1 Å². The summed E-state index contributed by atoms with van der Waals surface area (Å²) in [5.41, 5.74) is 21.1. The first-order chi connectivity index (χ1) is 27.6. The van der Waals surface area contributed by atoms with Gasteiger partial charge in [-0.25, -0.2) is 4.98 Å². The number of pyridine rings is 1. The van der Waals surface area contributed by atoms with Crippen LogP contribution in [-0.2, 0) is 24.0 Å². The van der Waals surface area contributed by atoms with Gasteiger partial charge in [-0.3, -0.25) is 24.0 Å². The lowest BCUT2D eigenvalue weighted by atomic mass is 10.0. The van der Waals surface area contributed by atoms with E-state index in [0.29, 0.717) is 63.8 Å². The van der Waals surface area contributed by atoms with E-state index in [2.05, 4.69) is 26.6 Å². The number of aliphatic hydroxyl groups excluding tert-OH is 1. The van der Waals surface area contributed by atoms with Crippen LogP contribution in [0, 0.1) is 0 Å². The van der Waals surface area contributed by atoms with Crippen molar-refractivity contribution in [1.29, 1.82) is 0 Å². The Bertz CT molecular complexity index is 1960. The van der Waals surface area contributed by atoms with Crippen LogP contribution in [0.4, 0.5) is 17.1 Å². The van der Waals surface area contributed by atoms with Crippen molar-refractivity contribution in [2.45, 2.75) is 75.5 Å². The monoisotopic (exact) mass is 782 g/mol. The zero-order chi connectivity index (χ0) is 40.7. The second-order valence-corrected chi connectivity index (χ2v) is 14.2. The smallest absolute Gasteiger partial charge is 0.243 e. The van der Waals surface area contributed by atoms with Crippen LogP contribution in [0.5, 0.6) is 0 Å². The fourth-order valence-electron chi connectivity index (χ4n) is 6.91. The zero-order valence-electron chi connectivity index (χ0n) is 32.0. The third kappa shape index (κ3) is 11.4. The highest BCUT2D eigenvalue weighted by molar-refractivity contribution is 6.08. The summed E-state index contributed by atoms with van der Waals surface area (Å²) >= 11 is 0. The van der Waals surface area contributed by atoms with Crippen molar-refractivity contribution >= 4 is 68.4 Å². The van der Waals surface area contributed by atoms with Crippen LogP contribution in [-0.4, -0.2) is 101 Å². The minimum atomic E-state index is -1.15. The standard InChI is InChI=1S/C41H54N10O6/c42-21-7-5-14-33(49-39(55)34(15-6-8-22-43)50-40(56)35-16-9-23-51(35)41(57)30(44)25-52)38(54)45-24-36(53)46-26-17-19-27(20-18-26)47-37-28-10-1-3-12-31(28)48-32-13-4-2-11-29(32)37/h1-4,10-13,17-20,30,33-35,52H,5-9,14-16,21-25,42-44H2,(H,45,54)(H,46,53)(H,47,48)(H,49,55)(H,50,56). The lowest BCUT2D eigenvalue weighted by Gasteiger charge is -2.28. The number of likely N-dealkylation sites (tertiary alicyclic amines) is 1. The molecular weight excluding hydrogens is 729 g/mol. The largest absolute Gasteiger partial charge is 0.394 e. The van der Waals surface area contributed by atoms with Crippen LogP contribution in [0.2, 0.25) is 0 Å². The Kier molecular flexibility index (Phi) is 15.7. The summed E-state index contributed by atoms with van der Waals surface area (Å²) in [7, 11) is 0. The van der Waals surface area contributed by atoms with Crippen molar-refractivity contribution in [3.63, 3.8) is 0 Å². The summed E-state index contributed by atoms with van der Waals surface area (Å²) in [4.78, 5) is 72.3. The number of nitrogens with two attached hydrogens (primary N) is 3. The molecule has 0 saturated carbocycles. The molecule has 0 bridgehead atoms.